The van der Waals surface area contributed by atoms with Crippen molar-refractivity contribution >= 4 is 33.4 Å². The third-order valence-corrected chi connectivity index (χ3v) is 7.90. The topological polar surface area (TPSA) is 140 Å². The van der Waals surface area contributed by atoms with Gasteiger partial charge in [0.15, 0.2) is 12.4 Å². The zero-order valence-electron chi connectivity index (χ0n) is 18.4. The molecule has 0 spiro atoms. The quantitative estimate of drug-likeness (QED) is 0.284. The number of hydrogen-bond donors (Lipinski definition) is 2. The molecule has 10 heteroatoms. The molecule has 0 aliphatic carbocycles. The molecule has 2 amide bonds. The van der Waals surface area contributed by atoms with Gasteiger partial charge in [0.25, 0.3) is 0 Å². The van der Waals surface area contributed by atoms with Crippen LogP contribution in [-0.2, 0) is 31.2 Å². The molecule has 0 aromatic heterocycles. The van der Waals surface area contributed by atoms with E-state index in [1.54, 1.807) is 12.4 Å². The second-order valence-corrected chi connectivity index (χ2v) is 12.2. The Morgan fingerprint density at radius 3 is 1.33 bits per heavy atom. The van der Waals surface area contributed by atoms with Gasteiger partial charge in [-0.05, 0) is 36.5 Å². The Labute approximate surface area is 185 Å². The number of nitrogens with zero attached hydrogens (tertiary/aromatic N) is 2. The van der Waals surface area contributed by atoms with Crippen molar-refractivity contribution in [1.29, 1.82) is 10.5 Å². The Balaban J connectivity index is 4.14. The number of carbonyl (C=O) groups excluding carboxylic acids is 2. The molecule has 0 aromatic carbocycles. The lowest BCUT2D eigenvalue weighted by atomic mass is 9.85. The van der Waals surface area contributed by atoms with Crippen molar-refractivity contribution in [2.45, 2.75) is 66.2 Å². The van der Waals surface area contributed by atoms with Gasteiger partial charge < -0.3 is 0 Å². The summed E-state index contributed by atoms with van der Waals surface area (Å²) >= 11 is 0. The van der Waals surface area contributed by atoms with E-state index in [-0.39, 0.29) is 35.5 Å². The predicted octanol–water partition coefficient (Wildman–Crippen LogP) is 2.07. The van der Waals surface area contributed by atoms with Crippen molar-refractivity contribution in [2.75, 3.05) is 23.0 Å². The highest BCUT2D eigenvalue weighted by atomic mass is 32.2. The van der Waals surface area contributed by atoms with Gasteiger partial charge in [-0.1, -0.05) is 27.7 Å². The molecule has 170 valence electrons. The highest BCUT2D eigenvalue weighted by molar-refractivity contribution is 7.88. The molecule has 0 saturated heterocycles. The van der Waals surface area contributed by atoms with E-state index in [0.29, 0.717) is 48.7 Å². The first-order chi connectivity index (χ1) is 13.9. The summed E-state index contributed by atoms with van der Waals surface area (Å²) in [5.41, 5.74) is -0.326. The number of rotatable bonds is 15. The van der Waals surface area contributed by atoms with Crippen LogP contribution in [0.25, 0.3) is 0 Å². The largest absolute Gasteiger partial charge is 0.274 e. The molecule has 0 aliphatic rings. The van der Waals surface area contributed by atoms with Crippen molar-refractivity contribution in [3.8, 4) is 12.4 Å². The molecule has 0 aromatic rings. The van der Waals surface area contributed by atoms with Crippen molar-refractivity contribution in [1.82, 2.24) is 10.6 Å². The van der Waals surface area contributed by atoms with Crippen LogP contribution in [0.3, 0.4) is 0 Å². The normalized spacial score (nSPS) is 13.5. The van der Waals surface area contributed by atoms with Crippen LogP contribution < -0.4 is 10.6 Å². The first kappa shape index (κ1) is 28.2. The minimum absolute atomic E-state index is 0.163. The number of nitriles is 2. The zero-order valence-corrected chi connectivity index (χ0v) is 20.0. The Bertz CT molecular complexity index is 649. The van der Waals surface area contributed by atoms with Crippen LogP contribution >= 0.6 is 0 Å². The molecule has 0 radical (unpaired) electrons. The maximum Gasteiger partial charge on any atom is 0.232 e. The third-order valence-electron chi connectivity index (χ3n) is 5.00. The molecule has 8 nitrogen and oxygen atoms in total. The lowest BCUT2D eigenvalue weighted by Crippen LogP contribution is -2.24. The van der Waals surface area contributed by atoms with E-state index in [1.165, 1.54) is 0 Å². The lowest BCUT2D eigenvalue weighted by molar-refractivity contribution is -0.121. The zero-order chi connectivity index (χ0) is 23.2. The fraction of sp³-hybridized carbons (Fsp3) is 0.800. The Hall–Kier alpha value is -1.78. The predicted molar refractivity (Wildman–Crippen MR) is 119 cm³/mol. The van der Waals surface area contributed by atoms with Gasteiger partial charge in [-0.15, -0.1) is 0 Å². The van der Waals surface area contributed by atoms with Crippen molar-refractivity contribution in [3.63, 3.8) is 0 Å². The maximum atomic E-state index is 12.3. The van der Waals surface area contributed by atoms with Crippen molar-refractivity contribution in [2.24, 2.45) is 10.8 Å². The van der Waals surface area contributed by atoms with Crippen LogP contribution in [0.5, 0.6) is 0 Å². The van der Waals surface area contributed by atoms with E-state index in [9.17, 15) is 18.0 Å². The van der Waals surface area contributed by atoms with Crippen LogP contribution in [0.2, 0.25) is 0 Å². The fourth-order valence-electron chi connectivity index (χ4n) is 2.57. The molecule has 2 N–H and O–H groups in total. The SMILES string of the molecule is CC(C)(CCC(=O)NC#N)CCS(=O)CCS(=O)CCC(C)(C)CCC(=O)NC#N. The minimum Gasteiger partial charge on any atom is -0.274 e. The number of carbonyl (C=O) groups is 2. The summed E-state index contributed by atoms with van der Waals surface area (Å²) < 4.78 is 24.5. The summed E-state index contributed by atoms with van der Waals surface area (Å²) in [5.74, 6) is 1.12. The average Bonchev–Trinajstić information content (AvgIpc) is 2.67. The highest BCUT2D eigenvalue weighted by Gasteiger charge is 2.22. The van der Waals surface area contributed by atoms with E-state index in [0.717, 1.165) is 0 Å². The summed E-state index contributed by atoms with van der Waals surface area (Å²) in [7, 11) is -2.14. The molecule has 0 saturated carbocycles. The van der Waals surface area contributed by atoms with Gasteiger partial charge in [0.2, 0.25) is 11.8 Å². The summed E-state index contributed by atoms with van der Waals surface area (Å²) in [6.07, 6.45) is 6.31. The molecule has 2 unspecified atom stereocenters. The third kappa shape index (κ3) is 15.1. The molecule has 0 rings (SSSR count). The second kappa shape index (κ2) is 14.3. The van der Waals surface area contributed by atoms with Crippen LogP contribution in [-0.4, -0.2) is 43.2 Å². The van der Waals surface area contributed by atoms with Gasteiger partial charge in [0.05, 0.1) is 0 Å². The summed E-state index contributed by atoms with van der Waals surface area (Å²) in [6.45, 7) is 8.00. The minimum atomic E-state index is -1.07. The average molecular weight is 459 g/mol. The second-order valence-electron chi connectivity index (χ2n) is 8.84. The molecule has 0 heterocycles. The van der Waals surface area contributed by atoms with E-state index in [2.05, 4.69) is 10.6 Å². The standard InChI is InChI=1S/C20H34N4O4S2/c1-19(2,7-5-17(25)23-15-21)9-11-29(27)13-14-30(28)12-10-20(3,4)8-6-18(26)24-16-22/h5-14H2,1-4H3,(H,23,25)(H,24,26). The smallest absolute Gasteiger partial charge is 0.232 e. The monoisotopic (exact) mass is 458 g/mol. The van der Waals surface area contributed by atoms with Crippen LogP contribution in [0, 0.1) is 33.7 Å². The van der Waals surface area contributed by atoms with Crippen molar-refractivity contribution < 1.29 is 18.0 Å². The van der Waals surface area contributed by atoms with E-state index in [4.69, 9.17) is 10.5 Å². The van der Waals surface area contributed by atoms with Gasteiger partial charge in [-0.2, -0.15) is 10.5 Å². The molecule has 0 aliphatic heterocycles. The van der Waals surface area contributed by atoms with Gasteiger partial charge >= 0.3 is 0 Å². The number of hydrogen-bond acceptors (Lipinski definition) is 6. The Kier molecular flexibility index (Phi) is 13.4. The van der Waals surface area contributed by atoms with Crippen LogP contribution in [0.15, 0.2) is 0 Å². The summed E-state index contributed by atoms with van der Waals surface area (Å²) in [5, 5.41) is 21.0. The molecule has 0 fully saturated rings. The van der Waals surface area contributed by atoms with Gasteiger partial charge in [0, 0.05) is 57.5 Å². The Morgan fingerprint density at radius 2 is 1.03 bits per heavy atom. The summed E-state index contributed by atoms with van der Waals surface area (Å²) in [4.78, 5) is 22.8. The van der Waals surface area contributed by atoms with Gasteiger partial charge in [-0.25, -0.2) is 0 Å². The highest BCUT2D eigenvalue weighted by Crippen LogP contribution is 2.28. The Morgan fingerprint density at radius 1 is 0.700 bits per heavy atom. The van der Waals surface area contributed by atoms with E-state index < -0.39 is 21.6 Å². The first-order valence-electron chi connectivity index (χ1n) is 9.96. The summed E-state index contributed by atoms with van der Waals surface area (Å²) in [6, 6.07) is 0. The van der Waals surface area contributed by atoms with Crippen molar-refractivity contribution in [3.05, 3.63) is 0 Å². The lowest BCUT2D eigenvalue weighted by Gasteiger charge is -2.24. The molecular formula is C20H34N4O4S2. The number of amides is 2. The van der Waals surface area contributed by atoms with E-state index >= 15 is 0 Å². The maximum absolute atomic E-state index is 12.3. The fourth-order valence-corrected chi connectivity index (χ4v) is 6.03. The molecule has 0 bridgehead atoms. The van der Waals surface area contributed by atoms with E-state index in [1.807, 2.05) is 27.7 Å². The first-order valence-corrected chi connectivity index (χ1v) is 12.9. The van der Waals surface area contributed by atoms with Gasteiger partial charge in [0.1, 0.15) is 0 Å². The molecule has 30 heavy (non-hydrogen) atoms. The molecular weight excluding hydrogens is 424 g/mol. The number of nitrogens with one attached hydrogen (secondary N) is 2. The van der Waals surface area contributed by atoms with Crippen LogP contribution in [0.4, 0.5) is 0 Å². The van der Waals surface area contributed by atoms with Gasteiger partial charge in [-0.3, -0.25) is 28.6 Å². The molecule has 2 atom stereocenters. The van der Waals surface area contributed by atoms with Crippen LogP contribution in [0.1, 0.15) is 66.2 Å².